The minimum atomic E-state index is -0.761. The Morgan fingerprint density at radius 1 is 1.00 bits per heavy atom. The molecule has 2 aromatic carbocycles. The summed E-state index contributed by atoms with van der Waals surface area (Å²) in [5.41, 5.74) is 0.378. The third-order valence-electron chi connectivity index (χ3n) is 3.82. The molecule has 0 aromatic heterocycles. The highest BCUT2D eigenvalue weighted by Gasteiger charge is 2.31. The molecule has 1 heterocycles. The molecule has 3 rings (SSSR count). The minimum Gasteiger partial charge on any atom is -0.351 e. The van der Waals surface area contributed by atoms with Gasteiger partial charge in [-0.3, -0.25) is 14.5 Å². The first kappa shape index (κ1) is 16.8. The van der Waals surface area contributed by atoms with Crippen molar-refractivity contribution >= 4 is 17.5 Å². The average Bonchev–Trinajstić information content (AvgIpc) is 2.82. The molecule has 2 aromatic rings. The molecule has 25 heavy (non-hydrogen) atoms. The number of hydrogen-bond acceptors (Lipinski definition) is 3. The van der Waals surface area contributed by atoms with Crippen LogP contribution in [0.1, 0.15) is 11.1 Å². The molecule has 2 amide bonds. The van der Waals surface area contributed by atoms with Gasteiger partial charge in [-0.15, -0.1) is 0 Å². The average molecular weight is 346 g/mol. The van der Waals surface area contributed by atoms with Crippen LogP contribution in [0.3, 0.4) is 0 Å². The molecular weight excluding hydrogens is 333 g/mol. The number of nitrogens with zero attached hydrogens (tertiary/aromatic N) is 1. The van der Waals surface area contributed by atoms with Crippen LogP contribution < -0.4 is 5.32 Å². The molecule has 4 nitrogen and oxygen atoms in total. The molecule has 0 fully saturated rings. The second-order valence-electron chi connectivity index (χ2n) is 5.60. The van der Waals surface area contributed by atoms with Gasteiger partial charge in [-0.25, -0.2) is 13.2 Å². The zero-order valence-corrected chi connectivity index (χ0v) is 13.1. The fraction of sp³-hybridized carbons (Fsp3) is 0.111. The van der Waals surface area contributed by atoms with Crippen LogP contribution in [-0.2, 0) is 16.1 Å². The van der Waals surface area contributed by atoms with Crippen molar-refractivity contribution in [2.24, 2.45) is 0 Å². The van der Waals surface area contributed by atoms with E-state index in [0.29, 0.717) is 5.56 Å². The first-order valence-electron chi connectivity index (χ1n) is 7.40. The zero-order valence-electron chi connectivity index (χ0n) is 13.1. The van der Waals surface area contributed by atoms with E-state index in [-0.39, 0.29) is 23.5 Å². The number of amides is 2. The number of anilines is 1. The van der Waals surface area contributed by atoms with Crippen LogP contribution in [0.15, 0.2) is 48.2 Å². The van der Waals surface area contributed by atoms with Crippen LogP contribution in [-0.4, -0.2) is 16.7 Å². The van der Waals surface area contributed by atoms with Crippen LogP contribution >= 0.6 is 0 Å². The molecule has 0 aliphatic carbocycles. The third kappa shape index (κ3) is 3.40. The van der Waals surface area contributed by atoms with Crippen LogP contribution in [0, 0.1) is 24.4 Å². The van der Waals surface area contributed by atoms with E-state index in [9.17, 15) is 22.8 Å². The Morgan fingerprint density at radius 2 is 1.60 bits per heavy atom. The topological polar surface area (TPSA) is 49.4 Å². The van der Waals surface area contributed by atoms with Gasteiger partial charge in [-0.2, -0.15) is 0 Å². The van der Waals surface area contributed by atoms with Crippen molar-refractivity contribution in [3.05, 3.63) is 76.7 Å². The summed E-state index contributed by atoms with van der Waals surface area (Å²) in [5, 5.41) is 2.56. The number of nitrogens with one attached hydrogen (secondary N) is 1. The number of carbonyl (C=O) groups is 2. The maximum absolute atomic E-state index is 13.6. The summed E-state index contributed by atoms with van der Waals surface area (Å²) in [6.45, 7) is 1.26. The van der Waals surface area contributed by atoms with Crippen molar-refractivity contribution < 1.29 is 22.8 Å². The summed E-state index contributed by atoms with van der Waals surface area (Å²) in [6.07, 6.45) is 1.06. The quantitative estimate of drug-likeness (QED) is 0.865. The maximum atomic E-state index is 13.6. The Morgan fingerprint density at radius 3 is 2.20 bits per heavy atom. The summed E-state index contributed by atoms with van der Waals surface area (Å²) < 4.78 is 40.1. The van der Waals surface area contributed by atoms with Crippen molar-refractivity contribution in [2.75, 3.05) is 5.32 Å². The molecular formula is C18H13F3N2O2. The van der Waals surface area contributed by atoms with E-state index in [1.807, 2.05) is 0 Å². The molecule has 1 aliphatic heterocycles. The van der Waals surface area contributed by atoms with Crippen molar-refractivity contribution in [3.8, 4) is 0 Å². The summed E-state index contributed by atoms with van der Waals surface area (Å²) >= 11 is 0. The van der Waals surface area contributed by atoms with Crippen molar-refractivity contribution in [3.63, 3.8) is 0 Å². The molecule has 1 aliphatic rings. The highest BCUT2D eigenvalue weighted by Crippen LogP contribution is 2.22. The highest BCUT2D eigenvalue weighted by atomic mass is 19.1. The molecule has 0 saturated heterocycles. The predicted octanol–water partition coefficient (Wildman–Crippen LogP) is 3.28. The molecule has 0 saturated carbocycles. The Labute approximate surface area is 141 Å². The number of carbonyl (C=O) groups excluding carboxylic acids is 2. The van der Waals surface area contributed by atoms with E-state index in [1.165, 1.54) is 31.2 Å². The SMILES string of the molecule is Cc1c(F)cc(NC2=CC(=O)N(Cc3ccc(F)cc3)C2=O)cc1F. The lowest BCUT2D eigenvalue weighted by molar-refractivity contribution is -0.137. The monoisotopic (exact) mass is 346 g/mol. The lowest BCUT2D eigenvalue weighted by Gasteiger charge is -2.15. The molecule has 0 radical (unpaired) electrons. The Hall–Kier alpha value is -3.09. The van der Waals surface area contributed by atoms with E-state index >= 15 is 0 Å². The first-order chi connectivity index (χ1) is 11.8. The maximum Gasteiger partial charge on any atom is 0.277 e. The Balaban J connectivity index is 1.76. The molecule has 0 atom stereocenters. The van der Waals surface area contributed by atoms with Crippen molar-refractivity contribution in [1.82, 2.24) is 4.90 Å². The molecule has 0 unspecified atom stereocenters. The van der Waals surface area contributed by atoms with Crippen molar-refractivity contribution in [1.29, 1.82) is 0 Å². The third-order valence-corrected chi connectivity index (χ3v) is 3.82. The second-order valence-corrected chi connectivity index (χ2v) is 5.60. The van der Waals surface area contributed by atoms with Gasteiger partial charge in [0.1, 0.15) is 23.1 Å². The number of benzene rings is 2. The lowest BCUT2D eigenvalue weighted by Crippen LogP contribution is -2.31. The molecule has 0 bridgehead atoms. The van der Waals surface area contributed by atoms with E-state index in [2.05, 4.69) is 5.32 Å². The van der Waals surface area contributed by atoms with Gasteiger partial charge in [0.15, 0.2) is 0 Å². The fourth-order valence-corrected chi connectivity index (χ4v) is 2.39. The van der Waals surface area contributed by atoms with Gasteiger partial charge in [0, 0.05) is 17.3 Å². The number of hydrogen-bond donors (Lipinski definition) is 1. The van der Waals surface area contributed by atoms with Gasteiger partial charge in [0.2, 0.25) is 0 Å². The second kappa shape index (κ2) is 6.43. The highest BCUT2D eigenvalue weighted by molar-refractivity contribution is 6.17. The molecule has 128 valence electrons. The van der Waals surface area contributed by atoms with Gasteiger partial charge in [-0.05, 0) is 36.8 Å². The zero-order chi connectivity index (χ0) is 18.1. The molecule has 1 N–H and O–H groups in total. The van der Waals surface area contributed by atoms with Crippen LogP contribution in [0.5, 0.6) is 0 Å². The predicted molar refractivity (Wildman–Crippen MR) is 84.8 cm³/mol. The van der Waals surface area contributed by atoms with Gasteiger partial charge >= 0.3 is 0 Å². The summed E-state index contributed by atoms with van der Waals surface area (Å²) in [7, 11) is 0. The number of halogens is 3. The van der Waals surface area contributed by atoms with Gasteiger partial charge < -0.3 is 5.32 Å². The van der Waals surface area contributed by atoms with Crippen LogP contribution in [0.2, 0.25) is 0 Å². The molecule has 7 heteroatoms. The van der Waals surface area contributed by atoms with Crippen molar-refractivity contribution in [2.45, 2.75) is 13.5 Å². The first-order valence-corrected chi connectivity index (χ1v) is 7.40. The summed E-state index contributed by atoms with van der Waals surface area (Å²) in [4.78, 5) is 25.3. The standard InChI is InChI=1S/C18H13F3N2O2/c1-10-14(20)6-13(7-15(10)21)22-16-8-17(24)23(18(16)25)9-11-2-4-12(19)5-3-11/h2-8,22H,9H2,1H3. The smallest absolute Gasteiger partial charge is 0.277 e. The lowest BCUT2D eigenvalue weighted by atomic mass is 10.2. The summed E-state index contributed by atoms with van der Waals surface area (Å²) in [6, 6.07) is 7.47. The van der Waals surface area contributed by atoms with Crippen LogP contribution in [0.4, 0.5) is 18.9 Å². The van der Waals surface area contributed by atoms with Gasteiger partial charge in [0.25, 0.3) is 11.8 Å². The van der Waals surface area contributed by atoms with E-state index < -0.39 is 29.3 Å². The fourth-order valence-electron chi connectivity index (χ4n) is 2.39. The number of rotatable bonds is 4. The van der Waals surface area contributed by atoms with Gasteiger partial charge in [-0.1, -0.05) is 12.1 Å². The summed E-state index contributed by atoms with van der Waals surface area (Å²) in [5.74, 6) is -3.14. The van der Waals surface area contributed by atoms with E-state index in [1.54, 1.807) is 0 Å². The van der Waals surface area contributed by atoms with Crippen LogP contribution in [0.25, 0.3) is 0 Å². The van der Waals surface area contributed by atoms with E-state index in [4.69, 9.17) is 0 Å². The number of imide groups is 1. The van der Waals surface area contributed by atoms with Gasteiger partial charge in [0.05, 0.1) is 6.54 Å². The minimum absolute atomic E-state index is 0.0247. The Bertz CT molecular complexity index is 869. The largest absolute Gasteiger partial charge is 0.351 e. The molecule has 0 spiro atoms. The normalized spacial score (nSPS) is 14.1. The Kier molecular flexibility index (Phi) is 4.31. The van der Waals surface area contributed by atoms with E-state index in [0.717, 1.165) is 23.1 Å².